The molecule has 1 aromatic heterocycles. The van der Waals surface area contributed by atoms with E-state index in [0.29, 0.717) is 0 Å². The number of aromatic carboxylic acids is 1. The molecule has 1 N–H and O–H groups in total. The number of non-ortho nitro benzene ring substituents is 1. The van der Waals surface area contributed by atoms with Gasteiger partial charge in [-0.3, -0.25) is 10.1 Å². The smallest absolute Gasteiger partial charge is 0.358 e. The molecular formula is C10H5ClN2O5. The monoisotopic (exact) mass is 268 g/mol. The van der Waals surface area contributed by atoms with Crippen LogP contribution in [-0.4, -0.2) is 21.0 Å². The van der Waals surface area contributed by atoms with Crippen LogP contribution >= 0.6 is 11.6 Å². The lowest BCUT2D eigenvalue weighted by atomic mass is 10.1. The van der Waals surface area contributed by atoms with E-state index in [1.165, 1.54) is 12.1 Å². The van der Waals surface area contributed by atoms with Crippen LogP contribution < -0.4 is 0 Å². The van der Waals surface area contributed by atoms with Crippen LogP contribution in [0.25, 0.3) is 11.3 Å². The zero-order valence-electron chi connectivity index (χ0n) is 8.66. The van der Waals surface area contributed by atoms with Crippen molar-refractivity contribution in [2.24, 2.45) is 0 Å². The molecule has 2 rings (SSSR count). The highest BCUT2D eigenvalue weighted by atomic mass is 35.5. The number of nitrogens with zero attached hydrogens (tertiary/aromatic N) is 2. The van der Waals surface area contributed by atoms with Gasteiger partial charge in [-0.05, 0) is 6.07 Å². The van der Waals surface area contributed by atoms with E-state index in [2.05, 4.69) is 4.98 Å². The molecule has 0 amide bonds. The van der Waals surface area contributed by atoms with E-state index in [0.717, 1.165) is 12.5 Å². The van der Waals surface area contributed by atoms with Gasteiger partial charge in [-0.2, -0.15) is 0 Å². The van der Waals surface area contributed by atoms with Crippen LogP contribution in [0.3, 0.4) is 0 Å². The van der Waals surface area contributed by atoms with Crippen LogP contribution in [0, 0.1) is 10.1 Å². The Kier molecular flexibility index (Phi) is 2.99. The van der Waals surface area contributed by atoms with Gasteiger partial charge in [0.25, 0.3) is 5.69 Å². The molecule has 7 nitrogen and oxygen atoms in total. The highest BCUT2D eigenvalue weighted by Gasteiger charge is 2.20. The number of carboxylic acids is 1. The minimum absolute atomic E-state index is 0.0171. The molecule has 18 heavy (non-hydrogen) atoms. The van der Waals surface area contributed by atoms with Gasteiger partial charge in [-0.25, -0.2) is 9.78 Å². The molecule has 8 heteroatoms. The summed E-state index contributed by atoms with van der Waals surface area (Å²) >= 11 is 5.86. The van der Waals surface area contributed by atoms with E-state index in [1.54, 1.807) is 0 Å². The Morgan fingerprint density at radius 1 is 1.50 bits per heavy atom. The zero-order valence-corrected chi connectivity index (χ0v) is 9.42. The molecule has 1 heterocycles. The van der Waals surface area contributed by atoms with Crippen molar-refractivity contribution < 1.29 is 19.2 Å². The highest BCUT2D eigenvalue weighted by Crippen LogP contribution is 2.32. The van der Waals surface area contributed by atoms with E-state index < -0.39 is 10.9 Å². The Bertz CT molecular complexity index is 637. The molecule has 2 aromatic rings. The summed E-state index contributed by atoms with van der Waals surface area (Å²) < 4.78 is 4.95. The first-order valence-electron chi connectivity index (χ1n) is 4.62. The Morgan fingerprint density at radius 2 is 2.22 bits per heavy atom. The number of carboxylic acid groups (broad SMARTS) is 1. The van der Waals surface area contributed by atoms with Gasteiger partial charge in [-0.1, -0.05) is 11.6 Å². The van der Waals surface area contributed by atoms with E-state index in [9.17, 15) is 14.9 Å². The van der Waals surface area contributed by atoms with Crippen molar-refractivity contribution in [3.05, 3.63) is 45.4 Å². The fraction of sp³-hybridized carbons (Fsp3) is 0. The largest absolute Gasteiger partial charge is 0.476 e. The highest BCUT2D eigenvalue weighted by molar-refractivity contribution is 6.33. The first kappa shape index (κ1) is 12.1. The average Bonchev–Trinajstić information content (AvgIpc) is 2.77. The second kappa shape index (κ2) is 4.46. The summed E-state index contributed by atoms with van der Waals surface area (Å²) in [6.07, 6.45) is 0.969. The summed E-state index contributed by atoms with van der Waals surface area (Å²) in [5, 5.41) is 19.4. The van der Waals surface area contributed by atoms with Crippen molar-refractivity contribution in [3.8, 4) is 11.3 Å². The first-order valence-corrected chi connectivity index (χ1v) is 4.99. The van der Waals surface area contributed by atoms with Gasteiger partial charge in [0.1, 0.15) is 0 Å². The molecule has 0 unspecified atom stereocenters. The average molecular weight is 269 g/mol. The van der Waals surface area contributed by atoms with Gasteiger partial charge in [0.15, 0.2) is 17.8 Å². The van der Waals surface area contributed by atoms with E-state index >= 15 is 0 Å². The van der Waals surface area contributed by atoms with Crippen molar-refractivity contribution in [3.63, 3.8) is 0 Å². The normalized spacial score (nSPS) is 10.3. The molecule has 0 bridgehead atoms. The van der Waals surface area contributed by atoms with Gasteiger partial charge in [0.05, 0.1) is 9.95 Å². The second-order valence-corrected chi connectivity index (χ2v) is 3.66. The van der Waals surface area contributed by atoms with E-state index in [-0.39, 0.29) is 27.7 Å². The Morgan fingerprint density at radius 3 is 2.78 bits per heavy atom. The molecular weight excluding hydrogens is 264 g/mol. The lowest BCUT2D eigenvalue weighted by Gasteiger charge is -2.01. The quantitative estimate of drug-likeness (QED) is 0.677. The number of oxazole rings is 1. The van der Waals surface area contributed by atoms with Crippen LogP contribution in [0.2, 0.25) is 5.02 Å². The molecule has 0 aliphatic carbocycles. The lowest BCUT2D eigenvalue weighted by Crippen LogP contribution is -1.99. The van der Waals surface area contributed by atoms with Crippen LogP contribution in [0.1, 0.15) is 10.5 Å². The summed E-state index contributed by atoms with van der Waals surface area (Å²) in [6.45, 7) is 0. The van der Waals surface area contributed by atoms with Gasteiger partial charge in [0, 0.05) is 17.7 Å². The van der Waals surface area contributed by atoms with Crippen molar-refractivity contribution in [1.82, 2.24) is 4.98 Å². The second-order valence-electron chi connectivity index (χ2n) is 3.26. The fourth-order valence-electron chi connectivity index (χ4n) is 1.39. The maximum atomic E-state index is 10.9. The number of benzene rings is 1. The summed E-state index contributed by atoms with van der Waals surface area (Å²) in [6, 6.07) is 3.63. The zero-order chi connectivity index (χ0) is 13.3. The maximum Gasteiger partial charge on any atom is 0.358 e. The SMILES string of the molecule is O=C(O)c1ncoc1-c1ccc([N+](=O)[O-])cc1Cl. The molecule has 92 valence electrons. The van der Waals surface area contributed by atoms with Gasteiger partial charge >= 0.3 is 5.97 Å². The number of halogens is 1. The Balaban J connectivity index is 2.55. The molecule has 1 aromatic carbocycles. The minimum atomic E-state index is -1.27. The van der Waals surface area contributed by atoms with Gasteiger partial charge < -0.3 is 9.52 Å². The van der Waals surface area contributed by atoms with Crippen LogP contribution in [0.4, 0.5) is 5.69 Å². The van der Waals surface area contributed by atoms with Gasteiger partial charge in [0.2, 0.25) is 0 Å². The molecule has 0 aliphatic rings. The maximum absolute atomic E-state index is 10.9. The standard InChI is InChI=1S/C10H5ClN2O5/c11-7-3-5(13(16)17)1-2-6(7)9-8(10(14)15)12-4-18-9/h1-4H,(H,14,15). The lowest BCUT2D eigenvalue weighted by molar-refractivity contribution is -0.384. The van der Waals surface area contributed by atoms with Crippen LogP contribution in [-0.2, 0) is 0 Å². The number of carbonyl (C=O) groups is 1. The van der Waals surface area contributed by atoms with Crippen molar-refractivity contribution in [2.45, 2.75) is 0 Å². The molecule has 0 spiro atoms. The van der Waals surface area contributed by atoms with Crippen molar-refractivity contribution in [1.29, 1.82) is 0 Å². The summed E-state index contributed by atoms with van der Waals surface area (Å²) in [5.74, 6) is -1.31. The molecule has 0 radical (unpaired) electrons. The predicted molar refractivity (Wildman–Crippen MR) is 60.6 cm³/mol. The van der Waals surface area contributed by atoms with Gasteiger partial charge in [-0.15, -0.1) is 0 Å². The molecule has 0 fully saturated rings. The molecule has 0 saturated carbocycles. The first-order chi connectivity index (χ1) is 8.50. The third-order valence-electron chi connectivity index (χ3n) is 2.18. The number of hydrogen-bond acceptors (Lipinski definition) is 5. The Labute approximate surface area is 105 Å². The van der Waals surface area contributed by atoms with E-state index in [1.807, 2.05) is 0 Å². The summed E-state index contributed by atoms with van der Waals surface area (Å²) in [7, 11) is 0. The number of hydrogen-bond donors (Lipinski definition) is 1. The third kappa shape index (κ3) is 2.03. The Hall–Kier alpha value is -2.41. The molecule has 0 saturated heterocycles. The molecule has 0 atom stereocenters. The topological polar surface area (TPSA) is 106 Å². The van der Waals surface area contributed by atoms with Crippen LogP contribution in [0.15, 0.2) is 29.0 Å². The summed E-state index contributed by atoms with van der Waals surface area (Å²) in [5.41, 5.74) is -0.261. The predicted octanol–water partition coefficient (Wildman–Crippen LogP) is 2.60. The van der Waals surface area contributed by atoms with Crippen LogP contribution in [0.5, 0.6) is 0 Å². The van der Waals surface area contributed by atoms with E-state index in [4.69, 9.17) is 21.1 Å². The van der Waals surface area contributed by atoms with Crippen molar-refractivity contribution >= 4 is 23.3 Å². The number of rotatable bonds is 3. The number of nitro groups is 1. The summed E-state index contributed by atoms with van der Waals surface area (Å²) in [4.78, 5) is 24.3. The third-order valence-corrected chi connectivity index (χ3v) is 2.49. The minimum Gasteiger partial charge on any atom is -0.476 e. The fourth-order valence-corrected chi connectivity index (χ4v) is 1.65. The number of aromatic nitrogens is 1. The number of nitro benzene ring substituents is 1. The molecule has 0 aliphatic heterocycles. The van der Waals surface area contributed by atoms with Crippen molar-refractivity contribution in [2.75, 3.05) is 0 Å².